The van der Waals surface area contributed by atoms with Crippen LogP contribution in [0.4, 0.5) is 0 Å². The van der Waals surface area contributed by atoms with Crippen LogP contribution < -0.4 is 5.32 Å². The van der Waals surface area contributed by atoms with E-state index < -0.39 is 0 Å². The minimum Gasteiger partial charge on any atom is -0.507 e. The van der Waals surface area contributed by atoms with Crippen LogP contribution >= 0.6 is 0 Å². The molecule has 1 radical (unpaired) electrons. The third-order valence-electron chi connectivity index (χ3n) is 1.83. The Kier molecular flexibility index (Phi) is 8.01. The van der Waals surface area contributed by atoms with Crippen LogP contribution in [0.5, 0.6) is 5.75 Å². The average molecular weight is 256 g/mol. The maximum Gasteiger partial charge on any atom is 0.124 e. The Morgan fingerprint density at radius 1 is 1.40 bits per heavy atom. The van der Waals surface area contributed by atoms with Gasteiger partial charge in [0.15, 0.2) is 0 Å². The number of para-hydroxylation sites is 1. The molecule has 0 heterocycles. The molecule has 0 aliphatic carbocycles. The van der Waals surface area contributed by atoms with Crippen molar-refractivity contribution in [3.63, 3.8) is 0 Å². The van der Waals surface area contributed by atoms with Crippen LogP contribution in [0.25, 0.3) is 0 Å². The van der Waals surface area contributed by atoms with Gasteiger partial charge < -0.3 is 10.4 Å². The van der Waals surface area contributed by atoms with Gasteiger partial charge in [-0.15, -0.1) is 0 Å². The minimum atomic E-state index is 0. The van der Waals surface area contributed by atoms with Crippen molar-refractivity contribution >= 4 is 6.21 Å². The zero-order valence-electron chi connectivity index (χ0n) is 8.70. The van der Waals surface area contributed by atoms with Gasteiger partial charge in [-0.3, -0.25) is 4.99 Å². The summed E-state index contributed by atoms with van der Waals surface area (Å²) in [6.07, 6.45) is 1.70. The van der Waals surface area contributed by atoms with E-state index in [0.29, 0.717) is 0 Å². The predicted octanol–water partition coefficient (Wildman–Crippen LogP) is 1.42. The number of benzene rings is 1. The number of phenols is 1. The van der Waals surface area contributed by atoms with Crippen molar-refractivity contribution in [2.75, 3.05) is 19.6 Å². The second-order valence-electron chi connectivity index (χ2n) is 2.95. The van der Waals surface area contributed by atoms with E-state index in [-0.39, 0.29) is 22.8 Å². The number of phenolic OH excluding ortho intramolecular Hbond substituents is 1. The van der Waals surface area contributed by atoms with Crippen molar-refractivity contribution in [1.29, 1.82) is 0 Å². The molecule has 1 aromatic carbocycles. The molecule has 1 rings (SSSR count). The van der Waals surface area contributed by atoms with Gasteiger partial charge in [0.1, 0.15) is 5.75 Å². The van der Waals surface area contributed by atoms with Gasteiger partial charge in [0.2, 0.25) is 0 Å². The molecule has 4 heteroatoms. The van der Waals surface area contributed by atoms with Crippen molar-refractivity contribution < 1.29 is 22.2 Å². The number of rotatable bonds is 5. The second-order valence-corrected chi connectivity index (χ2v) is 2.95. The topological polar surface area (TPSA) is 44.6 Å². The first-order chi connectivity index (χ1) is 6.84. The molecule has 0 aromatic heterocycles. The molecular formula is C11H16CuN2O. The molecule has 0 spiro atoms. The fourth-order valence-corrected chi connectivity index (χ4v) is 1.08. The molecule has 0 aliphatic rings. The van der Waals surface area contributed by atoms with Crippen LogP contribution in [0.1, 0.15) is 12.5 Å². The zero-order chi connectivity index (χ0) is 10.2. The van der Waals surface area contributed by atoms with Crippen molar-refractivity contribution in [3.8, 4) is 5.75 Å². The quantitative estimate of drug-likeness (QED) is 0.475. The van der Waals surface area contributed by atoms with E-state index in [4.69, 9.17) is 0 Å². The Morgan fingerprint density at radius 2 is 2.13 bits per heavy atom. The first-order valence-electron chi connectivity index (χ1n) is 4.83. The maximum atomic E-state index is 9.41. The molecule has 0 saturated carbocycles. The molecule has 1 aromatic rings. The molecule has 0 atom stereocenters. The van der Waals surface area contributed by atoms with Crippen molar-refractivity contribution in [2.45, 2.75) is 6.92 Å². The SMILES string of the molecule is CCNCCN=Cc1ccccc1O.[Cu]. The zero-order valence-corrected chi connectivity index (χ0v) is 9.65. The Bertz CT molecular complexity index is 302. The Balaban J connectivity index is 0.00000196. The largest absolute Gasteiger partial charge is 0.507 e. The van der Waals surface area contributed by atoms with Crippen LogP contribution in [0.2, 0.25) is 0 Å². The number of nitrogens with zero attached hydrogens (tertiary/aromatic N) is 1. The van der Waals surface area contributed by atoms with Crippen LogP contribution in [0.3, 0.4) is 0 Å². The first-order valence-corrected chi connectivity index (χ1v) is 4.83. The third-order valence-corrected chi connectivity index (χ3v) is 1.83. The summed E-state index contributed by atoms with van der Waals surface area (Å²) in [5.41, 5.74) is 0.768. The average Bonchev–Trinajstić information content (AvgIpc) is 2.20. The summed E-state index contributed by atoms with van der Waals surface area (Å²) < 4.78 is 0. The summed E-state index contributed by atoms with van der Waals surface area (Å²) in [6, 6.07) is 7.18. The molecule has 3 nitrogen and oxygen atoms in total. The minimum absolute atomic E-state index is 0. The molecule has 0 aliphatic heterocycles. The standard InChI is InChI=1S/C11H16N2O.Cu/c1-2-12-7-8-13-9-10-5-3-4-6-11(10)14;/h3-6,9,12,14H,2,7-8H2,1H3;. The summed E-state index contributed by atoms with van der Waals surface area (Å²) in [4.78, 5) is 4.19. The van der Waals surface area contributed by atoms with Crippen molar-refractivity contribution in [3.05, 3.63) is 29.8 Å². The van der Waals surface area contributed by atoms with Crippen LogP contribution in [-0.2, 0) is 17.1 Å². The molecule has 87 valence electrons. The van der Waals surface area contributed by atoms with Gasteiger partial charge >= 0.3 is 0 Å². The molecule has 2 N–H and O–H groups in total. The fourth-order valence-electron chi connectivity index (χ4n) is 1.08. The van der Waals surface area contributed by atoms with Gasteiger partial charge in [-0.1, -0.05) is 19.1 Å². The number of aromatic hydroxyl groups is 1. The Labute approximate surface area is 101 Å². The Hall–Kier alpha value is -0.831. The molecular weight excluding hydrogens is 240 g/mol. The molecule has 15 heavy (non-hydrogen) atoms. The van der Waals surface area contributed by atoms with Gasteiger partial charge in [0.25, 0.3) is 0 Å². The van der Waals surface area contributed by atoms with E-state index in [1.54, 1.807) is 18.3 Å². The van der Waals surface area contributed by atoms with Gasteiger partial charge in [0, 0.05) is 35.4 Å². The Morgan fingerprint density at radius 3 is 2.80 bits per heavy atom. The maximum absolute atomic E-state index is 9.41. The predicted molar refractivity (Wildman–Crippen MR) is 59.1 cm³/mol. The summed E-state index contributed by atoms with van der Waals surface area (Å²) >= 11 is 0. The normalized spacial score (nSPS) is 10.2. The van der Waals surface area contributed by atoms with Gasteiger partial charge in [-0.05, 0) is 18.7 Å². The molecule has 0 amide bonds. The summed E-state index contributed by atoms with van der Waals surface area (Å²) in [7, 11) is 0. The van der Waals surface area contributed by atoms with Gasteiger partial charge in [-0.25, -0.2) is 0 Å². The fraction of sp³-hybridized carbons (Fsp3) is 0.364. The van der Waals surface area contributed by atoms with E-state index in [2.05, 4.69) is 17.2 Å². The summed E-state index contributed by atoms with van der Waals surface area (Å²) in [6.45, 7) is 4.64. The third kappa shape index (κ3) is 5.57. The van der Waals surface area contributed by atoms with E-state index in [1.807, 2.05) is 12.1 Å². The van der Waals surface area contributed by atoms with E-state index >= 15 is 0 Å². The molecule has 0 bridgehead atoms. The number of aliphatic imine (C=N–C) groups is 1. The van der Waals surface area contributed by atoms with E-state index in [9.17, 15) is 5.11 Å². The number of hydrogen-bond donors (Lipinski definition) is 2. The second kappa shape index (κ2) is 8.48. The monoisotopic (exact) mass is 255 g/mol. The molecule has 0 fully saturated rings. The number of nitrogens with one attached hydrogen (secondary N) is 1. The van der Waals surface area contributed by atoms with Crippen LogP contribution in [0, 0.1) is 0 Å². The molecule has 0 saturated heterocycles. The van der Waals surface area contributed by atoms with Crippen LogP contribution in [0.15, 0.2) is 29.3 Å². The van der Waals surface area contributed by atoms with E-state index in [1.165, 1.54) is 0 Å². The van der Waals surface area contributed by atoms with Crippen molar-refractivity contribution in [1.82, 2.24) is 5.32 Å². The van der Waals surface area contributed by atoms with Crippen LogP contribution in [-0.4, -0.2) is 31.0 Å². The summed E-state index contributed by atoms with van der Waals surface area (Å²) in [5.74, 6) is 0.278. The molecule has 0 unspecified atom stereocenters. The van der Waals surface area contributed by atoms with Gasteiger partial charge in [0.05, 0.1) is 6.54 Å². The van der Waals surface area contributed by atoms with Gasteiger partial charge in [-0.2, -0.15) is 0 Å². The van der Waals surface area contributed by atoms with Crippen molar-refractivity contribution in [2.24, 2.45) is 4.99 Å². The smallest absolute Gasteiger partial charge is 0.124 e. The number of hydrogen-bond acceptors (Lipinski definition) is 3. The van der Waals surface area contributed by atoms with E-state index in [0.717, 1.165) is 25.2 Å². The number of likely N-dealkylation sites (N-methyl/N-ethyl adjacent to an activating group) is 1. The summed E-state index contributed by atoms with van der Waals surface area (Å²) in [5, 5.41) is 12.6. The first kappa shape index (κ1) is 14.2.